The van der Waals surface area contributed by atoms with Crippen molar-refractivity contribution in [2.75, 3.05) is 6.54 Å². The fourth-order valence-electron chi connectivity index (χ4n) is 5.54. The van der Waals surface area contributed by atoms with Crippen LogP contribution >= 0.6 is 0 Å². The first-order chi connectivity index (χ1) is 18.4. The first kappa shape index (κ1) is 28.4. The van der Waals surface area contributed by atoms with Crippen LogP contribution in [0.15, 0.2) is 42.5 Å². The van der Waals surface area contributed by atoms with Crippen LogP contribution in [0.3, 0.4) is 0 Å². The molecule has 2 aromatic rings. The van der Waals surface area contributed by atoms with Crippen LogP contribution in [0.1, 0.15) is 77.9 Å². The molecule has 39 heavy (non-hydrogen) atoms. The van der Waals surface area contributed by atoms with Crippen molar-refractivity contribution >= 4 is 23.5 Å². The topological polar surface area (TPSA) is 128 Å². The molecule has 0 aromatic heterocycles. The molecule has 2 unspecified atom stereocenters. The maximum absolute atomic E-state index is 13.9. The highest BCUT2D eigenvalue weighted by Crippen LogP contribution is 2.40. The third-order valence-corrected chi connectivity index (χ3v) is 7.54. The number of hydrogen-bond acceptors (Lipinski definition) is 6. The number of aliphatic hydroxyl groups is 1. The fourth-order valence-corrected chi connectivity index (χ4v) is 5.54. The summed E-state index contributed by atoms with van der Waals surface area (Å²) in [5.74, 6) is -2.81. The second kappa shape index (κ2) is 11.2. The van der Waals surface area contributed by atoms with E-state index in [1.165, 1.54) is 24.3 Å². The summed E-state index contributed by atoms with van der Waals surface area (Å²) < 4.78 is 13.9. The summed E-state index contributed by atoms with van der Waals surface area (Å²) >= 11 is 0. The van der Waals surface area contributed by atoms with Crippen LogP contribution in [-0.2, 0) is 9.59 Å². The number of benzene rings is 2. The molecule has 0 bridgehead atoms. The molecule has 0 saturated carbocycles. The van der Waals surface area contributed by atoms with Crippen molar-refractivity contribution in [1.29, 1.82) is 0 Å². The van der Waals surface area contributed by atoms with Crippen LogP contribution in [-0.4, -0.2) is 57.7 Å². The number of amides is 3. The van der Waals surface area contributed by atoms with E-state index in [4.69, 9.17) is 0 Å². The van der Waals surface area contributed by atoms with Gasteiger partial charge in [0.2, 0.25) is 11.8 Å². The number of rotatable bonds is 7. The predicted octanol–water partition coefficient (Wildman–Crippen LogP) is 2.58. The maximum atomic E-state index is 13.9. The van der Waals surface area contributed by atoms with Crippen molar-refractivity contribution in [3.8, 4) is 0 Å². The number of hydrazine groups is 1. The van der Waals surface area contributed by atoms with E-state index in [1.54, 1.807) is 43.9 Å². The number of halogens is 1. The van der Waals surface area contributed by atoms with Crippen LogP contribution in [0.2, 0.25) is 0 Å². The number of Topliss-reactive ketones (excluding diaryl/α,β-unsaturated/α-hetero) is 1. The Hall–Kier alpha value is -3.63. The lowest BCUT2D eigenvalue weighted by molar-refractivity contribution is -0.138. The molecule has 0 spiro atoms. The van der Waals surface area contributed by atoms with Gasteiger partial charge in [0.25, 0.3) is 5.91 Å². The number of likely N-dealkylation sites (tertiary alicyclic amines) is 1. The van der Waals surface area contributed by atoms with Crippen LogP contribution in [0.5, 0.6) is 0 Å². The van der Waals surface area contributed by atoms with Crippen molar-refractivity contribution < 1.29 is 28.7 Å². The average Bonchev–Trinajstić information content (AvgIpc) is 3.34. The van der Waals surface area contributed by atoms with Crippen molar-refractivity contribution in [3.63, 3.8) is 0 Å². The van der Waals surface area contributed by atoms with E-state index in [0.717, 1.165) is 0 Å². The van der Waals surface area contributed by atoms with E-state index < -0.39 is 41.2 Å². The van der Waals surface area contributed by atoms with Gasteiger partial charge in [0.1, 0.15) is 11.7 Å². The van der Waals surface area contributed by atoms with Crippen molar-refractivity contribution in [3.05, 3.63) is 70.5 Å². The van der Waals surface area contributed by atoms with Crippen LogP contribution in [0, 0.1) is 18.7 Å². The molecular formula is C29H35FN4O5. The van der Waals surface area contributed by atoms with Gasteiger partial charge in [-0.15, -0.1) is 0 Å². The van der Waals surface area contributed by atoms with E-state index in [-0.39, 0.29) is 29.8 Å². The van der Waals surface area contributed by atoms with Gasteiger partial charge >= 0.3 is 0 Å². The van der Waals surface area contributed by atoms with E-state index >= 15 is 0 Å². The maximum Gasteiger partial charge on any atom is 0.251 e. The number of carbonyl (C=O) groups is 4. The zero-order valence-electron chi connectivity index (χ0n) is 22.6. The highest BCUT2D eigenvalue weighted by Gasteiger charge is 2.44. The molecule has 2 heterocycles. The third-order valence-electron chi connectivity index (χ3n) is 7.54. The lowest BCUT2D eigenvalue weighted by Crippen LogP contribution is -2.54. The molecule has 3 amide bonds. The molecule has 4 N–H and O–H groups in total. The third kappa shape index (κ3) is 6.17. The second-order valence-electron chi connectivity index (χ2n) is 11.0. The number of aryl methyl sites for hydroxylation is 1. The van der Waals surface area contributed by atoms with E-state index in [2.05, 4.69) is 16.2 Å². The van der Waals surface area contributed by atoms with Crippen molar-refractivity contribution in [2.24, 2.45) is 5.92 Å². The second-order valence-corrected chi connectivity index (χ2v) is 11.0. The molecule has 0 aliphatic carbocycles. The molecular weight excluding hydrogens is 503 g/mol. The molecule has 2 saturated heterocycles. The van der Waals surface area contributed by atoms with E-state index in [9.17, 15) is 28.7 Å². The molecule has 4 atom stereocenters. The van der Waals surface area contributed by atoms with Gasteiger partial charge in [-0.1, -0.05) is 18.2 Å². The van der Waals surface area contributed by atoms with Crippen LogP contribution in [0.4, 0.5) is 4.39 Å². The Balaban J connectivity index is 1.46. The quantitative estimate of drug-likeness (QED) is 0.317. The van der Waals surface area contributed by atoms with Gasteiger partial charge in [-0.3, -0.25) is 24.6 Å². The van der Waals surface area contributed by atoms with Gasteiger partial charge < -0.3 is 15.3 Å². The first-order valence-electron chi connectivity index (χ1n) is 13.1. The Morgan fingerprint density at radius 3 is 2.56 bits per heavy atom. The monoisotopic (exact) mass is 538 g/mol. The Morgan fingerprint density at radius 1 is 1.15 bits per heavy atom. The van der Waals surface area contributed by atoms with Gasteiger partial charge in [0, 0.05) is 17.2 Å². The molecule has 0 radical (unpaired) electrons. The minimum Gasteiger partial charge on any atom is -0.388 e. The molecule has 4 rings (SSSR count). The molecule has 2 aromatic carbocycles. The van der Waals surface area contributed by atoms with Crippen molar-refractivity contribution in [1.82, 2.24) is 21.1 Å². The smallest absolute Gasteiger partial charge is 0.251 e. The Bertz CT molecular complexity index is 1290. The molecule has 9 nitrogen and oxygen atoms in total. The van der Waals surface area contributed by atoms with Crippen LogP contribution < -0.4 is 16.2 Å². The van der Waals surface area contributed by atoms with Gasteiger partial charge in [-0.25, -0.2) is 9.82 Å². The molecule has 208 valence electrons. The molecule has 2 aliphatic rings. The highest BCUT2D eigenvalue weighted by atomic mass is 19.1. The largest absolute Gasteiger partial charge is 0.388 e. The van der Waals surface area contributed by atoms with E-state index in [0.29, 0.717) is 36.0 Å². The fraction of sp³-hybridized carbons (Fsp3) is 0.448. The number of nitrogens with one attached hydrogen (secondary N) is 3. The normalized spacial score (nSPS) is 23.3. The zero-order valence-corrected chi connectivity index (χ0v) is 22.6. The summed E-state index contributed by atoms with van der Waals surface area (Å²) in [5.41, 5.74) is 5.94. The van der Waals surface area contributed by atoms with Crippen LogP contribution in [0.25, 0.3) is 0 Å². The number of nitrogens with zero attached hydrogens (tertiary/aromatic N) is 1. The minimum atomic E-state index is -1.19. The predicted molar refractivity (Wildman–Crippen MR) is 142 cm³/mol. The summed E-state index contributed by atoms with van der Waals surface area (Å²) in [6.07, 6.45) is 1.46. The standard InChI is InChI=1S/C29H35FN4O5/c1-16-12-19(8-9-21(16)26(36)22-13-17(2)32-33-28(22)38)27(37)31-15-25(35)34-23(10-11-24(34)29(3,4)39)18-6-5-7-20(30)14-18/h5-9,12,14,17,22-24,32,39H,10-11,13,15H2,1-4H3,(H,31,37)(H,33,38)/t17?,22?,23-,24+/m0/s1. The summed E-state index contributed by atoms with van der Waals surface area (Å²) in [4.78, 5) is 53.1. The average molecular weight is 539 g/mol. The summed E-state index contributed by atoms with van der Waals surface area (Å²) in [7, 11) is 0. The Labute approximate surface area is 227 Å². The Morgan fingerprint density at radius 2 is 1.90 bits per heavy atom. The number of carbonyl (C=O) groups excluding carboxylic acids is 4. The summed E-state index contributed by atoms with van der Waals surface area (Å²) in [6, 6.07) is 9.65. The van der Waals surface area contributed by atoms with Crippen molar-refractivity contribution in [2.45, 2.75) is 70.7 Å². The minimum absolute atomic E-state index is 0.0494. The summed E-state index contributed by atoms with van der Waals surface area (Å²) in [5, 5.41) is 13.4. The van der Waals surface area contributed by atoms with Gasteiger partial charge in [-0.2, -0.15) is 0 Å². The van der Waals surface area contributed by atoms with Gasteiger partial charge in [0.05, 0.1) is 24.2 Å². The highest BCUT2D eigenvalue weighted by molar-refractivity contribution is 6.11. The lowest BCUT2D eigenvalue weighted by Gasteiger charge is -2.37. The SMILES string of the molecule is Cc1cc(C(=O)NCC(=O)N2[C@H](c3cccc(F)c3)CC[C@@H]2C(C)(C)O)ccc1C(=O)C1CC(C)NNC1=O. The molecule has 2 aliphatic heterocycles. The Kier molecular flexibility index (Phi) is 8.17. The molecule has 2 fully saturated rings. The van der Waals surface area contributed by atoms with E-state index in [1.807, 2.05) is 6.92 Å². The number of ketones is 1. The lowest BCUT2D eigenvalue weighted by atomic mass is 9.88. The zero-order chi connectivity index (χ0) is 28.5. The number of hydrogen-bond donors (Lipinski definition) is 4. The van der Waals surface area contributed by atoms with Gasteiger partial charge in [-0.05, 0) is 82.3 Å². The van der Waals surface area contributed by atoms with Gasteiger partial charge in [0.15, 0.2) is 5.78 Å². The molecule has 10 heteroatoms. The summed E-state index contributed by atoms with van der Waals surface area (Å²) in [6.45, 7) is 6.51. The first-order valence-corrected chi connectivity index (χ1v) is 13.1.